The van der Waals surface area contributed by atoms with Crippen molar-refractivity contribution in [3.63, 3.8) is 0 Å². The van der Waals surface area contributed by atoms with Crippen molar-refractivity contribution in [1.82, 2.24) is 9.80 Å². The van der Waals surface area contributed by atoms with Gasteiger partial charge in [0, 0.05) is 27.2 Å². The molecule has 0 bridgehead atoms. The average Bonchev–Trinajstić information content (AvgIpc) is 2.49. The van der Waals surface area contributed by atoms with Crippen LogP contribution >= 0.6 is 0 Å². The number of piperazine rings is 1. The summed E-state index contributed by atoms with van der Waals surface area (Å²) in [5.74, 6) is 0.0955. The first-order valence-corrected chi connectivity index (χ1v) is 9.02. The number of nitrogens with zero attached hydrogens (tertiary/aromatic N) is 2. The summed E-state index contributed by atoms with van der Waals surface area (Å²) >= 11 is 0. The molecule has 3 atom stereocenters. The first-order chi connectivity index (χ1) is 11.2. The average molecular weight is 340 g/mol. The van der Waals surface area contributed by atoms with Crippen LogP contribution in [0.5, 0.6) is 0 Å². The molecule has 1 aliphatic carbocycles. The van der Waals surface area contributed by atoms with E-state index in [1.54, 1.807) is 14.0 Å². The number of rotatable bonds is 3. The van der Waals surface area contributed by atoms with Gasteiger partial charge in [-0.3, -0.25) is 9.69 Å². The molecule has 1 heterocycles. The van der Waals surface area contributed by atoms with Gasteiger partial charge in [-0.25, -0.2) is 4.79 Å². The topological polar surface area (TPSA) is 59.1 Å². The molecule has 2 amide bonds. The number of amides is 2. The maximum Gasteiger partial charge on any atom is 0.410 e. The lowest BCUT2D eigenvalue weighted by atomic mass is 9.84. The lowest BCUT2D eigenvalue weighted by Crippen LogP contribution is -2.67. The Balaban J connectivity index is 2.27. The van der Waals surface area contributed by atoms with Gasteiger partial charge in [-0.1, -0.05) is 12.8 Å². The summed E-state index contributed by atoms with van der Waals surface area (Å²) in [6.45, 7) is 8.42. The highest BCUT2D eigenvalue weighted by molar-refractivity contribution is 5.75. The number of fused-ring (bicyclic) bond motifs is 1. The molecule has 0 N–H and O–H groups in total. The first kappa shape index (κ1) is 19.0. The molecule has 0 aromatic rings. The van der Waals surface area contributed by atoms with Gasteiger partial charge in [0.1, 0.15) is 5.60 Å². The van der Waals surface area contributed by atoms with Crippen LogP contribution in [0.25, 0.3) is 0 Å². The highest BCUT2D eigenvalue weighted by Crippen LogP contribution is 2.34. The van der Waals surface area contributed by atoms with Crippen LogP contribution in [-0.4, -0.2) is 65.8 Å². The van der Waals surface area contributed by atoms with Crippen LogP contribution < -0.4 is 0 Å². The van der Waals surface area contributed by atoms with Crippen LogP contribution in [0.2, 0.25) is 0 Å². The van der Waals surface area contributed by atoms with E-state index in [1.807, 2.05) is 30.6 Å². The summed E-state index contributed by atoms with van der Waals surface area (Å²) in [5, 5.41) is 0. The van der Waals surface area contributed by atoms with E-state index in [0.29, 0.717) is 19.6 Å². The van der Waals surface area contributed by atoms with Crippen LogP contribution in [0.15, 0.2) is 0 Å². The lowest BCUT2D eigenvalue weighted by molar-refractivity contribution is -0.140. The second-order valence-electron chi connectivity index (χ2n) is 7.91. The third-order valence-electron chi connectivity index (χ3n) is 4.92. The molecular formula is C18H32N2O4. The molecule has 1 saturated carbocycles. The van der Waals surface area contributed by atoms with Crippen LogP contribution in [0.1, 0.15) is 59.8 Å². The molecule has 0 spiro atoms. The minimum Gasteiger partial charge on any atom is -0.444 e. The maximum atomic E-state index is 12.9. The van der Waals surface area contributed by atoms with Crippen molar-refractivity contribution in [3.05, 3.63) is 0 Å². The summed E-state index contributed by atoms with van der Waals surface area (Å²) in [6.07, 6.45) is 4.53. The maximum absolute atomic E-state index is 12.9. The number of hydrogen-bond acceptors (Lipinski definition) is 4. The molecule has 2 fully saturated rings. The summed E-state index contributed by atoms with van der Waals surface area (Å²) < 4.78 is 10.9. The van der Waals surface area contributed by atoms with Gasteiger partial charge in [0.05, 0.1) is 18.1 Å². The molecule has 0 radical (unpaired) electrons. The van der Waals surface area contributed by atoms with Crippen molar-refractivity contribution in [3.8, 4) is 0 Å². The van der Waals surface area contributed by atoms with Crippen molar-refractivity contribution >= 4 is 12.0 Å². The van der Waals surface area contributed by atoms with E-state index in [-0.39, 0.29) is 30.1 Å². The third kappa shape index (κ3) is 4.41. The quantitative estimate of drug-likeness (QED) is 0.793. The van der Waals surface area contributed by atoms with E-state index >= 15 is 0 Å². The normalized spacial score (nSPS) is 27.6. The Morgan fingerprint density at radius 1 is 1.12 bits per heavy atom. The van der Waals surface area contributed by atoms with E-state index in [0.717, 1.165) is 25.7 Å². The summed E-state index contributed by atoms with van der Waals surface area (Å²) in [6, 6.07) is 0.110. The van der Waals surface area contributed by atoms with Gasteiger partial charge >= 0.3 is 6.09 Å². The molecule has 24 heavy (non-hydrogen) atoms. The molecular weight excluding hydrogens is 308 g/mol. The Hall–Kier alpha value is -1.30. The molecule has 1 saturated heterocycles. The summed E-state index contributed by atoms with van der Waals surface area (Å²) in [4.78, 5) is 28.9. The van der Waals surface area contributed by atoms with Gasteiger partial charge in [0.25, 0.3) is 0 Å². The smallest absolute Gasteiger partial charge is 0.410 e. The second-order valence-corrected chi connectivity index (χ2v) is 7.91. The van der Waals surface area contributed by atoms with Gasteiger partial charge in [0.2, 0.25) is 5.91 Å². The lowest BCUT2D eigenvalue weighted by Gasteiger charge is -2.53. The molecule has 1 aliphatic heterocycles. The zero-order chi connectivity index (χ0) is 17.9. The molecule has 0 aromatic carbocycles. The number of carbonyl (C=O) groups excluding carboxylic acids is 2. The largest absolute Gasteiger partial charge is 0.444 e. The van der Waals surface area contributed by atoms with Gasteiger partial charge in [0.15, 0.2) is 0 Å². The van der Waals surface area contributed by atoms with Gasteiger partial charge in [-0.05, 0) is 40.0 Å². The Bertz CT molecular complexity index is 460. The van der Waals surface area contributed by atoms with Crippen LogP contribution in [0, 0.1) is 0 Å². The number of ether oxygens (including phenoxy) is 2. The van der Waals surface area contributed by atoms with E-state index in [2.05, 4.69) is 0 Å². The molecule has 6 heteroatoms. The summed E-state index contributed by atoms with van der Waals surface area (Å²) in [7, 11) is 1.66. The molecule has 0 unspecified atom stereocenters. The first-order valence-electron chi connectivity index (χ1n) is 9.02. The number of carbonyl (C=O) groups is 2. The Morgan fingerprint density at radius 3 is 2.29 bits per heavy atom. The second kappa shape index (κ2) is 7.72. The van der Waals surface area contributed by atoms with Crippen LogP contribution in [-0.2, 0) is 14.3 Å². The van der Waals surface area contributed by atoms with Gasteiger partial charge in [-0.15, -0.1) is 0 Å². The zero-order valence-electron chi connectivity index (χ0n) is 15.7. The predicted octanol–water partition coefficient (Wildman–Crippen LogP) is 2.80. The minimum absolute atomic E-state index is 0.0492. The van der Waals surface area contributed by atoms with Crippen molar-refractivity contribution in [2.75, 3.05) is 20.3 Å². The van der Waals surface area contributed by atoms with Crippen molar-refractivity contribution < 1.29 is 19.1 Å². The fourth-order valence-corrected chi connectivity index (χ4v) is 3.95. The van der Waals surface area contributed by atoms with Crippen LogP contribution in [0.4, 0.5) is 4.79 Å². The van der Waals surface area contributed by atoms with Crippen molar-refractivity contribution in [1.29, 1.82) is 0 Å². The standard InChI is InChI=1S/C18H32N2O4/c1-13(21)19-12-14(10-11-23-5)20(17(22)24-18(2,3)4)16-9-7-6-8-15(16)19/h14-16H,6-12H2,1-5H3/t14-,15+,16+/m1/s1. The highest BCUT2D eigenvalue weighted by Gasteiger charge is 2.46. The molecule has 6 nitrogen and oxygen atoms in total. The zero-order valence-corrected chi connectivity index (χ0v) is 15.7. The predicted molar refractivity (Wildman–Crippen MR) is 91.8 cm³/mol. The van der Waals surface area contributed by atoms with Crippen molar-refractivity contribution in [2.45, 2.75) is 83.5 Å². The third-order valence-corrected chi connectivity index (χ3v) is 4.92. The van der Waals surface area contributed by atoms with E-state index in [9.17, 15) is 9.59 Å². The molecule has 2 aliphatic rings. The van der Waals surface area contributed by atoms with Crippen molar-refractivity contribution in [2.24, 2.45) is 0 Å². The Labute approximate surface area is 145 Å². The van der Waals surface area contributed by atoms with Gasteiger partial charge in [-0.2, -0.15) is 0 Å². The van der Waals surface area contributed by atoms with E-state index < -0.39 is 5.60 Å². The molecule has 0 aromatic heterocycles. The minimum atomic E-state index is -0.523. The fourth-order valence-electron chi connectivity index (χ4n) is 3.95. The van der Waals surface area contributed by atoms with E-state index in [4.69, 9.17) is 9.47 Å². The number of hydrogen-bond donors (Lipinski definition) is 0. The monoisotopic (exact) mass is 340 g/mol. The highest BCUT2D eigenvalue weighted by atomic mass is 16.6. The SMILES string of the molecule is COCC[C@@H]1CN(C(C)=O)[C@H]2CCCC[C@@H]2N1C(=O)OC(C)(C)C. The molecule has 138 valence electrons. The number of methoxy groups -OCH3 is 1. The van der Waals surface area contributed by atoms with E-state index in [1.165, 1.54) is 0 Å². The Morgan fingerprint density at radius 2 is 1.75 bits per heavy atom. The fraction of sp³-hybridized carbons (Fsp3) is 0.889. The van der Waals surface area contributed by atoms with Gasteiger partial charge < -0.3 is 14.4 Å². The Kier molecular flexibility index (Phi) is 6.12. The molecule has 2 rings (SSSR count). The summed E-state index contributed by atoms with van der Waals surface area (Å²) in [5.41, 5.74) is -0.523. The van der Waals surface area contributed by atoms with Crippen LogP contribution in [0.3, 0.4) is 0 Å².